The van der Waals surface area contributed by atoms with E-state index in [0.717, 1.165) is 45.3 Å². The van der Waals surface area contributed by atoms with Gasteiger partial charge < -0.3 is 14.6 Å². The van der Waals surface area contributed by atoms with Gasteiger partial charge in [0.05, 0.1) is 18.8 Å². The molecule has 2 rings (SSSR count). The fraction of sp³-hybridized carbons (Fsp3) is 0.857. The third-order valence-electron chi connectivity index (χ3n) is 5.70. The van der Waals surface area contributed by atoms with Crippen molar-refractivity contribution < 1.29 is 19.4 Å². The summed E-state index contributed by atoms with van der Waals surface area (Å²) in [7, 11) is 0. The van der Waals surface area contributed by atoms with Crippen molar-refractivity contribution in [3.8, 4) is 0 Å². The van der Waals surface area contributed by atoms with Crippen LogP contribution in [-0.2, 0) is 14.3 Å². The summed E-state index contributed by atoms with van der Waals surface area (Å²) in [6.07, 6.45) is 16.9. The van der Waals surface area contributed by atoms with Gasteiger partial charge in [0, 0.05) is 13.0 Å². The average Bonchev–Trinajstić information content (AvgIpc) is 3.19. The van der Waals surface area contributed by atoms with E-state index in [-0.39, 0.29) is 0 Å². The van der Waals surface area contributed by atoms with Crippen molar-refractivity contribution in [2.24, 2.45) is 11.8 Å². The highest BCUT2D eigenvalue weighted by molar-refractivity contribution is 5.66. The molecule has 4 atom stereocenters. The molecule has 0 saturated carbocycles. The molecule has 2 saturated heterocycles. The van der Waals surface area contributed by atoms with Crippen molar-refractivity contribution in [1.82, 2.24) is 0 Å². The molecule has 4 nitrogen and oxygen atoms in total. The second kappa shape index (κ2) is 11.7. The van der Waals surface area contributed by atoms with Crippen LogP contribution in [0.3, 0.4) is 0 Å². The van der Waals surface area contributed by atoms with E-state index >= 15 is 0 Å². The van der Waals surface area contributed by atoms with Crippen LogP contribution in [-0.4, -0.2) is 36.5 Å². The van der Waals surface area contributed by atoms with Gasteiger partial charge in [-0.1, -0.05) is 44.8 Å². The number of hydrogen-bond acceptors (Lipinski definition) is 3. The maximum absolute atomic E-state index is 10.5. The van der Waals surface area contributed by atoms with Crippen molar-refractivity contribution in [2.75, 3.05) is 13.2 Å². The molecule has 0 aliphatic carbocycles. The number of hydrogen-bond donors (Lipinski definition) is 1. The molecule has 0 amide bonds. The Kier molecular flexibility index (Phi) is 9.56. The number of rotatable bonds is 14. The van der Waals surface area contributed by atoms with Crippen LogP contribution in [0, 0.1) is 11.8 Å². The SMILES string of the molecule is CCC/C=C/COCC[C@H]1[C@@H](CCCCCCC(=O)O)[C@H]2CC[C@@H]1O2. The molecular weight excluding hydrogens is 316 g/mol. The molecule has 2 heterocycles. The van der Waals surface area contributed by atoms with Crippen molar-refractivity contribution in [3.05, 3.63) is 12.2 Å². The summed E-state index contributed by atoms with van der Waals surface area (Å²) in [5, 5.41) is 8.68. The maximum atomic E-state index is 10.5. The number of carbonyl (C=O) groups is 1. The van der Waals surface area contributed by atoms with Gasteiger partial charge >= 0.3 is 5.97 Å². The summed E-state index contributed by atoms with van der Waals surface area (Å²) >= 11 is 0. The molecule has 0 radical (unpaired) electrons. The number of ether oxygens (including phenoxy) is 2. The van der Waals surface area contributed by atoms with Crippen LogP contribution in [0.2, 0.25) is 0 Å². The molecule has 1 N–H and O–H groups in total. The molecular formula is C21H36O4. The van der Waals surface area contributed by atoms with Gasteiger partial charge in [0.2, 0.25) is 0 Å². The van der Waals surface area contributed by atoms with Crippen LogP contribution >= 0.6 is 0 Å². The van der Waals surface area contributed by atoms with E-state index in [1.54, 1.807) is 0 Å². The molecule has 0 aromatic rings. The zero-order valence-corrected chi connectivity index (χ0v) is 15.8. The van der Waals surface area contributed by atoms with E-state index in [1.807, 2.05) is 0 Å². The van der Waals surface area contributed by atoms with E-state index < -0.39 is 5.97 Å². The van der Waals surface area contributed by atoms with Gasteiger partial charge in [-0.05, 0) is 50.4 Å². The van der Waals surface area contributed by atoms with Gasteiger partial charge in [-0.3, -0.25) is 4.79 Å². The van der Waals surface area contributed by atoms with Gasteiger partial charge in [0.25, 0.3) is 0 Å². The highest BCUT2D eigenvalue weighted by Crippen LogP contribution is 2.47. The predicted octanol–water partition coefficient (Wildman–Crippen LogP) is 4.97. The zero-order valence-electron chi connectivity index (χ0n) is 15.8. The topological polar surface area (TPSA) is 55.8 Å². The van der Waals surface area contributed by atoms with E-state index in [2.05, 4.69) is 19.1 Å². The average molecular weight is 353 g/mol. The minimum absolute atomic E-state index is 0.309. The summed E-state index contributed by atoms with van der Waals surface area (Å²) in [5.41, 5.74) is 0. The van der Waals surface area contributed by atoms with Gasteiger partial charge in [-0.15, -0.1) is 0 Å². The maximum Gasteiger partial charge on any atom is 0.303 e. The lowest BCUT2D eigenvalue weighted by molar-refractivity contribution is -0.137. The number of aliphatic carboxylic acids is 1. The minimum Gasteiger partial charge on any atom is -0.481 e. The molecule has 2 aliphatic rings. The monoisotopic (exact) mass is 352 g/mol. The molecule has 2 aliphatic heterocycles. The molecule has 0 aromatic carbocycles. The first-order valence-corrected chi connectivity index (χ1v) is 10.3. The van der Waals surface area contributed by atoms with E-state index in [9.17, 15) is 4.79 Å². The molecule has 25 heavy (non-hydrogen) atoms. The Morgan fingerprint density at radius 3 is 2.52 bits per heavy atom. The quantitative estimate of drug-likeness (QED) is 0.354. The van der Waals surface area contributed by atoms with Crippen molar-refractivity contribution in [3.63, 3.8) is 0 Å². The Hall–Kier alpha value is -0.870. The lowest BCUT2D eigenvalue weighted by Crippen LogP contribution is -2.28. The normalized spacial score (nSPS) is 28.2. The van der Waals surface area contributed by atoms with Crippen molar-refractivity contribution >= 4 is 5.97 Å². The highest BCUT2D eigenvalue weighted by Gasteiger charge is 2.47. The van der Waals surface area contributed by atoms with Crippen molar-refractivity contribution in [1.29, 1.82) is 0 Å². The molecule has 0 spiro atoms. The molecule has 2 fully saturated rings. The summed E-state index contributed by atoms with van der Waals surface area (Å²) in [6.45, 7) is 3.76. The summed E-state index contributed by atoms with van der Waals surface area (Å²) < 4.78 is 12.0. The van der Waals surface area contributed by atoms with E-state index in [0.29, 0.717) is 30.5 Å². The first-order chi connectivity index (χ1) is 12.2. The van der Waals surface area contributed by atoms with Crippen LogP contribution in [0.15, 0.2) is 12.2 Å². The first kappa shape index (κ1) is 20.4. The summed E-state index contributed by atoms with van der Waals surface area (Å²) in [6, 6.07) is 0. The van der Waals surface area contributed by atoms with E-state index in [1.165, 1.54) is 32.1 Å². The molecule has 0 aromatic heterocycles. The van der Waals surface area contributed by atoms with Gasteiger partial charge in [-0.2, -0.15) is 0 Å². The van der Waals surface area contributed by atoms with Crippen LogP contribution in [0.25, 0.3) is 0 Å². The summed E-state index contributed by atoms with van der Waals surface area (Å²) in [5.74, 6) is 0.681. The lowest BCUT2D eigenvalue weighted by atomic mass is 9.75. The molecule has 4 heteroatoms. The van der Waals surface area contributed by atoms with Gasteiger partial charge in [0.1, 0.15) is 0 Å². The van der Waals surface area contributed by atoms with Crippen molar-refractivity contribution in [2.45, 2.75) is 89.8 Å². The van der Waals surface area contributed by atoms with E-state index in [4.69, 9.17) is 14.6 Å². The zero-order chi connectivity index (χ0) is 17.9. The lowest BCUT2D eigenvalue weighted by Gasteiger charge is -2.28. The minimum atomic E-state index is -0.675. The van der Waals surface area contributed by atoms with Crippen LogP contribution in [0.5, 0.6) is 0 Å². The van der Waals surface area contributed by atoms with Crippen LogP contribution in [0.1, 0.15) is 77.6 Å². The fourth-order valence-electron chi connectivity index (χ4n) is 4.40. The van der Waals surface area contributed by atoms with Gasteiger partial charge in [0.15, 0.2) is 0 Å². The van der Waals surface area contributed by atoms with Crippen LogP contribution in [0.4, 0.5) is 0 Å². The highest BCUT2D eigenvalue weighted by atomic mass is 16.5. The Bertz CT molecular complexity index is 407. The molecule has 0 unspecified atom stereocenters. The molecule has 144 valence electrons. The number of fused-ring (bicyclic) bond motifs is 2. The van der Waals surface area contributed by atoms with Crippen LogP contribution < -0.4 is 0 Å². The third kappa shape index (κ3) is 7.10. The van der Waals surface area contributed by atoms with Gasteiger partial charge in [-0.25, -0.2) is 0 Å². The number of carboxylic acid groups (broad SMARTS) is 1. The summed E-state index contributed by atoms with van der Waals surface area (Å²) in [4.78, 5) is 10.5. The number of unbranched alkanes of at least 4 members (excludes halogenated alkanes) is 4. The standard InChI is InChI=1S/C21H36O4/c1-2-3-4-9-15-24-16-14-18-17(19-12-13-20(18)25-19)10-7-5-6-8-11-21(22)23/h4,9,17-20H,2-3,5-8,10-16H2,1H3,(H,22,23)/b9-4+/t17-,18+,19-,20+/m1/s1. The third-order valence-corrected chi connectivity index (χ3v) is 5.70. The molecule has 2 bridgehead atoms. The smallest absolute Gasteiger partial charge is 0.303 e. The number of carboxylic acids is 1. The fourth-order valence-corrected chi connectivity index (χ4v) is 4.40. The Labute approximate surface area is 153 Å². The Balaban J connectivity index is 1.60. The second-order valence-electron chi connectivity index (χ2n) is 7.59. The largest absolute Gasteiger partial charge is 0.481 e. The first-order valence-electron chi connectivity index (χ1n) is 10.3. The number of allylic oxidation sites excluding steroid dienone is 1. The predicted molar refractivity (Wildman–Crippen MR) is 99.7 cm³/mol. The Morgan fingerprint density at radius 1 is 1.08 bits per heavy atom. The second-order valence-corrected chi connectivity index (χ2v) is 7.59. The Morgan fingerprint density at radius 2 is 1.80 bits per heavy atom.